The van der Waals surface area contributed by atoms with Crippen molar-refractivity contribution in [3.05, 3.63) is 10.6 Å². The Balaban J connectivity index is 0.000000203. The summed E-state index contributed by atoms with van der Waals surface area (Å²) in [6, 6.07) is 0.635. The van der Waals surface area contributed by atoms with Crippen LogP contribution >= 0.6 is 11.3 Å². The number of aromatic carboxylic acids is 1. The van der Waals surface area contributed by atoms with Crippen LogP contribution in [0.3, 0.4) is 0 Å². The van der Waals surface area contributed by atoms with Gasteiger partial charge in [0.1, 0.15) is 4.88 Å². The van der Waals surface area contributed by atoms with E-state index in [4.69, 9.17) is 9.94 Å². The van der Waals surface area contributed by atoms with E-state index in [-0.39, 0.29) is 16.7 Å². The van der Waals surface area contributed by atoms with Gasteiger partial charge in [0, 0.05) is 12.0 Å². The van der Waals surface area contributed by atoms with Crippen molar-refractivity contribution in [2.24, 2.45) is 5.92 Å². The van der Waals surface area contributed by atoms with Gasteiger partial charge < -0.3 is 15.3 Å². The first-order valence-corrected chi connectivity index (χ1v) is 11.2. The first-order valence-electron chi connectivity index (χ1n) is 10.4. The van der Waals surface area contributed by atoms with E-state index in [1.165, 1.54) is 51.4 Å². The number of nitrogens with one attached hydrogen (secondary N) is 2. The normalized spacial score (nSPS) is 16.9. The first-order chi connectivity index (χ1) is 13.5. The number of carbonyl (C=O) groups is 2. The molecule has 0 aromatic carbocycles. The van der Waals surface area contributed by atoms with Gasteiger partial charge in [0.25, 0.3) is 0 Å². The molecule has 2 aliphatic rings. The van der Waals surface area contributed by atoms with Gasteiger partial charge >= 0.3 is 5.97 Å². The van der Waals surface area contributed by atoms with Gasteiger partial charge in [-0.15, -0.1) is 0 Å². The highest BCUT2D eigenvalue weighted by atomic mass is 32.1. The number of anilines is 1. The van der Waals surface area contributed by atoms with Gasteiger partial charge in [-0.1, -0.05) is 50.4 Å². The molecule has 1 aromatic rings. The van der Waals surface area contributed by atoms with Crippen LogP contribution in [-0.2, 0) is 9.63 Å². The first kappa shape index (κ1) is 22.8. The summed E-state index contributed by atoms with van der Waals surface area (Å²) in [5, 5.41) is 11.8. The van der Waals surface area contributed by atoms with Crippen molar-refractivity contribution in [2.45, 2.75) is 84.1 Å². The quantitative estimate of drug-likeness (QED) is 0.408. The van der Waals surface area contributed by atoms with E-state index in [1.54, 1.807) is 6.92 Å². The van der Waals surface area contributed by atoms with Gasteiger partial charge in [-0.25, -0.2) is 9.78 Å². The van der Waals surface area contributed by atoms with E-state index in [0.29, 0.717) is 16.9 Å². The standard InChI is InChI=1S/C11H23NO.C9H10N2O3S/c1-2-3-7-10-13-12-11-8-5-4-6-9-11;1-4-6(8(13)14)15-9(10-4)11-7(12)5-2-3-5/h11-12H,2-10H2,1H3;5H,2-3H2,1H3,(H,13,14)(H,10,11,12). The topological polar surface area (TPSA) is 101 Å². The lowest BCUT2D eigenvalue weighted by molar-refractivity contribution is -0.117. The number of carboxylic acids is 1. The van der Waals surface area contributed by atoms with Crippen molar-refractivity contribution in [1.82, 2.24) is 10.5 Å². The number of aromatic nitrogens is 1. The van der Waals surface area contributed by atoms with E-state index in [9.17, 15) is 9.59 Å². The Hall–Kier alpha value is -1.51. The molecule has 2 saturated carbocycles. The third-order valence-electron chi connectivity index (χ3n) is 4.87. The molecule has 3 rings (SSSR count). The highest BCUT2D eigenvalue weighted by molar-refractivity contribution is 7.17. The Bertz CT molecular complexity index is 625. The van der Waals surface area contributed by atoms with Gasteiger partial charge in [-0.3, -0.25) is 4.79 Å². The lowest BCUT2D eigenvalue weighted by atomic mass is 9.96. The fraction of sp³-hybridized carbons (Fsp3) is 0.750. The number of hydroxylamine groups is 1. The van der Waals surface area contributed by atoms with E-state index in [0.717, 1.165) is 30.8 Å². The average molecular weight is 412 g/mol. The number of thiazole rings is 1. The Morgan fingerprint density at radius 3 is 2.46 bits per heavy atom. The zero-order chi connectivity index (χ0) is 20.4. The fourth-order valence-electron chi connectivity index (χ4n) is 3.02. The van der Waals surface area contributed by atoms with Crippen LogP contribution in [0.2, 0.25) is 0 Å². The molecule has 2 fully saturated rings. The molecule has 0 aliphatic heterocycles. The minimum absolute atomic E-state index is 0.0549. The van der Waals surface area contributed by atoms with Crippen LogP contribution < -0.4 is 10.8 Å². The summed E-state index contributed by atoms with van der Waals surface area (Å²) in [4.78, 5) is 31.7. The summed E-state index contributed by atoms with van der Waals surface area (Å²) >= 11 is 0.999. The maximum atomic E-state index is 11.4. The van der Waals surface area contributed by atoms with Crippen molar-refractivity contribution in [3.63, 3.8) is 0 Å². The predicted octanol–water partition coefficient (Wildman–Crippen LogP) is 4.53. The molecule has 0 radical (unpaired) electrons. The lowest BCUT2D eigenvalue weighted by Crippen LogP contribution is -2.31. The number of nitrogens with zero attached hydrogens (tertiary/aromatic N) is 1. The second-order valence-corrected chi connectivity index (χ2v) is 8.51. The van der Waals surface area contributed by atoms with Gasteiger partial charge in [0.2, 0.25) is 5.91 Å². The molecule has 3 N–H and O–H groups in total. The van der Waals surface area contributed by atoms with Gasteiger partial charge in [-0.2, -0.15) is 5.48 Å². The van der Waals surface area contributed by atoms with Crippen LogP contribution in [0, 0.1) is 12.8 Å². The van der Waals surface area contributed by atoms with Crippen molar-refractivity contribution in [3.8, 4) is 0 Å². The Morgan fingerprint density at radius 1 is 1.18 bits per heavy atom. The molecule has 0 spiro atoms. The molecule has 0 bridgehead atoms. The lowest BCUT2D eigenvalue weighted by Gasteiger charge is -2.22. The minimum atomic E-state index is -1.00. The summed E-state index contributed by atoms with van der Waals surface area (Å²) in [5.41, 5.74) is 3.62. The Kier molecular flexibility index (Phi) is 9.87. The van der Waals surface area contributed by atoms with Gasteiger partial charge in [0.05, 0.1) is 12.3 Å². The summed E-state index contributed by atoms with van der Waals surface area (Å²) < 4.78 is 0. The molecular formula is C20H33N3O4S. The predicted molar refractivity (Wildman–Crippen MR) is 111 cm³/mol. The highest BCUT2D eigenvalue weighted by Crippen LogP contribution is 2.31. The summed E-state index contributed by atoms with van der Waals surface area (Å²) in [5.74, 6) is -0.958. The van der Waals surface area contributed by atoms with Crippen LogP contribution in [-0.4, -0.2) is 34.6 Å². The van der Waals surface area contributed by atoms with E-state index in [1.807, 2.05) is 0 Å². The second-order valence-electron chi connectivity index (χ2n) is 7.51. The third-order valence-corrected chi connectivity index (χ3v) is 5.94. The molecular weight excluding hydrogens is 378 g/mol. The van der Waals surface area contributed by atoms with Crippen LogP contribution in [0.4, 0.5) is 5.13 Å². The number of carbonyl (C=O) groups excluding carboxylic acids is 1. The molecule has 1 amide bonds. The van der Waals surface area contributed by atoms with Crippen LogP contribution in [0.5, 0.6) is 0 Å². The molecule has 158 valence electrons. The Morgan fingerprint density at radius 2 is 1.89 bits per heavy atom. The van der Waals surface area contributed by atoms with Crippen molar-refractivity contribution < 1.29 is 19.5 Å². The van der Waals surface area contributed by atoms with Crippen molar-refractivity contribution in [2.75, 3.05) is 11.9 Å². The number of amides is 1. The monoisotopic (exact) mass is 411 g/mol. The average Bonchev–Trinajstić information content (AvgIpc) is 3.46. The second kappa shape index (κ2) is 12.1. The number of hydrogen-bond donors (Lipinski definition) is 3. The SMILES string of the molecule is CCCCCONC1CCCCC1.Cc1nc(NC(=O)C2CC2)sc1C(=O)O. The summed E-state index contributed by atoms with van der Waals surface area (Å²) in [6.07, 6.45) is 12.3. The van der Waals surface area contributed by atoms with Gasteiger partial charge in [-0.05, 0) is 39.0 Å². The number of unbranched alkanes of at least 4 members (excludes halogenated alkanes) is 2. The van der Waals surface area contributed by atoms with E-state index in [2.05, 4.69) is 22.7 Å². The molecule has 1 aromatic heterocycles. The van der Waals surface area contributed by atoms with Crippen molar-refractivity contribution in [1.29, 1.82) is 0 Å². The van der Waals surface area contributed by atoms with Crippen LogP contribution in [0.15, 0.2) is 0 Å². The van der Waals surface area contributed by atoms with E-state index < -0.39 is 5.97 Å². The molecule has 0 saturated heterocycles. The summed E-state index contributed by atoms with van der Waals surface area (Å²) in [7, 11) is 0. The maximum absolute atomic E-state index is 11.4. The third kappa shape index (κ3) is 8.24. The molecule has 7 nitrogen and oxygen atoms in total. The molecule has 28 heavy (non-hydrogen) atoms. The molecule has 0 unspecified atom stereocenters. The smallest absolute Gasteiger partial charge is 0.347 e. The molecule has 1 heterocycles. The number of carboxylic acid groups (broad SMARTS) is 1. The largest absolute Gasteiger partial charge is 0.477 e. The van der Waals surface area contributed by atoms with E-state index >= 15 is 0 Å². The summed E-state index contributed by atoms with van der Waals surface area (Å²) in [6.45, 7) is 4.71. The number of aryl methyl sites for hydroxylation is 1. The minimum Gasteiger partial charge on any atom is -0.477 e. The maximum Gasteiger partial charge on any atom is 0.347 e. The highest BCUT2D eigenvalue weighted by Gasteiger charge is 2.30. The molecule has 8 heteroatoms. The van der Waals surface area contributed by atoms with Crippen LogP contribution in [0.1, 0.15) is 86.5 Å². The van der Waals surface area contributed by atoms with Crippen LogP contribution in [0.25, 0.3) is 0 Å². The van der Waals surface area contributed by atoms with Crippen molar-refractivity contribution >= 4 is 28.3 Å². The van der Waals surface area contributed by atoms with Gasteiger partial charge in [0.15, 0.2) is 5.13 Å². The Labute approximate surface area is 171 Å². The molecule has 0 atom stereocenters. The number of hydrogen-bond acceptors (Lipinski definition) is 6. The number of rotatable bonds is 9. The molecule has 2 aliphatic carbocycles. The fourth-order valence-corrected chi connectivity index (χ4v) is 3.83. The zero-order valence-corrected chi connectivity index (χ0v) is 17.8. The zero-order valence-electron chi connectivity index (χ0n) is 17.0.